The summed E-state index contributed by atoms with van der Waals surface area (Å²) in [6.45, 7) is 0. The van der Waals surface area contributed by atoms with E-state index in [2.05, 4.69) is 157 Å². The molecule has 1 heterocycles. The first-order chi connectivity index (χ1) is 18.9. The summed E-state index contributed by atoms with van der Waals surface area (Å²) in [6, 6.07) is 52.7. The van der Waals surface area contributed by atoms with Crippen LogP contribution < -0.4 is 15.9 Å². The third-order valence-electron chi connectivity index (χ3n) is 7.26. The Bertz CT molecular complexity index is 1380. The Kier molecular flexibility index (Phi) is 7.42. The highest BCUT2D eigenvalue weighted by Crippen LogP contribution is 2.44. The van der Waals surface area contributed by atoms with Crippen LogP contribution >= 0.6 is 7.92 Å². The van der Waals surface area contributed by atoms with Crippen molar-refractivity contribution in [2.24, 2.45) is 5.10 Å². The average molecular weight is 511 g/mol. The second kappa shape index (κ2) is 11.6. The van der Waals surface area contributed by atoms with Gasteiger partial charge >= 0.3 is 0 Å². The van der Waals surface area contributed by atoms with Crippen LogP contribution in [-0.2, 0) is 0 Å². The van der Waals surface area contributed by atoms with Crippen molar-refractivity contribution in [3.05, 3.63) is 162 Å². The minimum absolute atomic E-state index is 0.259. The van der Waals surface area contributed by atoms with E-state index < -0.39 is 7.92 Å². The van der Waals surface area contributed by atoms with E-state index in [1.165, 1.54) is 32.6 Å². The monoisotopic (exact) mass is 510 g/mol. The first-order valence-electron chi connectivity index (χ1n) is 13.3. The zero-order valence-electron chi connectivity index (χ0n) is 21.3. The molecule has 186 valence electrons. The summed E-state index contributed by atoms with van der Waals surface area (Å²) in [5.41, 5.74) is 3.83. The van der Waals surface area contributed by atoms with E-state index in [1.54, 1.807) is 0 Å². The smallest absolute Gasteiger partial charge is 0.0728 e. The van der Waals surface area contributed by atoms with Crippen LogP contribution in [0.2, 0.25) is 0 Å². The third-order valence-corrected chi connectivity index (χ3v) is 9.78. The Morgan fingerprint density at radius 2 is 0.947 bits per heavy atom. The maximum atomic E-state index is 5.26. The van der Waals surface area contributed by atoms with Crippen LogP contribution in [0.4, 0.5) is 0 Å². The second-order valence-corrected chi connectivity index (χ2v) is 11.8. The summed E-state index contributed by atoms with van der Waals surface area (Å²) in [6.07, 6.45) is 4.28. The van der Waals surface area contributed by atoms with Gasteiger partial charge in [0.25, 0.3) is 0 Å². The molecule has 3 heteroatoms. The van der Waals surface area contributed by atoms with Gasteiger partial charge < -0.3 is 0 Å². The number of nitrogens with zero attached hydrogens (tertiary/aromatic N) is 2. The summed E-state index contributed by atoms with van der Waals surface area (Å²) in [5.74, 6) is 0. The summed E-state index contributed by atoms with van der Waals surface area (Å²) >= 11 is 0. The van der Waals surface area contributed by atoms with Gasteiger partial charge in [-0.3, -0.25) is 5.01 Å². The minimum atomic E-state index is -0.710. The van der Waals surface area contributed by atoms with Crippen molar-refractivity contribution in [3.63, 3.8) is 0 Å². The van der Waals surface area contributed by atoms with Crippen molar-refractivity contribution >= 4 is 30.0 Å². The standard InChI is InChI=1S/C35H31N2P/c1-5-15-28(16-6-1)33-25-26-34(29-17-7-2-8-18-29)37(33)36-27-30-19-13-14-24-35(30)38(31-20-9-3-10-21-31)32-22-11-4-12-23-32/h1-24,27,33-34H,25-26H2/b36-27+/t33-,34-/m0/s1. The maximum Gasteiger partial charge on any atom is 0.0728 e. The van der Waals surface area contributed by atoms with Crippen molar-refractivity contribution in [1.82, 2.24) is 5.01 Å². The molecule has 0 bridgehead atoms. The fourth-order valence-corrected chi connectivity index (χ4v) is 7.88. The molecular weight excluding hydrogens is 479 g/mol. The van der Waals surface area contributed by atoms with Gasteiger partial charge in [0, 0.05) is 5.56 Å². The number of benzene rings is 5. The molecule has 1 saturated heterocycles. The zero-order chi connectivity index (χ0) is 25.6. The lowest BCUT2D eigenvalue weighted by molar-refractivity contribution is 0.206. The highest BCUT2D eigenvalue weighted by molar-refractivity contribution is 7.80. The molecule has 38 heavy (non-hydrogen) atoms. The molecule has 0 amide bonds. The van der Waals surface area contributed by atoms with Crippen LogP contribution in [0, 0.1) is 0 Å². The number of hydrogen-bond acceptors (Lipinski definition) is 2. The quantitative estimate of drug-likeness (QED) is 0.165. The lowest BCUT2D eigenvalue weighted by Crippen LogP contribution is -2.24. The average Bonchev–Trinajstić information content (AvgIpc) is 3.43. The van der Waals surface area contributed by atoms with Gasteiger partial charge in [0.1, 0.15) is 0 Å². The molecule has 5 aromatic carbocycles. The van der Waals surface area contributed by atoms with E-state index in [1.807, 2.05) is 0 Å². The number of rotatable bonds is 7. The first kappa shape index (κ1) is 24.3. The van der Waals surface area contributed by atoms with E-state index in [4.69, 9.17) is 5.10 Å². The molecule has 0 spiro atoms. The van der Waals surface area contributed by atoms with Gasteiger partial charge in [-0.1, -0.05) is 146 Å². The molecule has 0 N–H and O–H groups in total. The largest absolute Gasteiger partial charge is 0.282 e. The van der Waals surface area contributed by atoms with Crippen LogP contribution in [0.1, 0.15) is 41.6 Å². The second-order valence-electron chi connectivity index (χ2n) is 9.62. The predicted octanol–water partition coefficient (Wildman–Crippen LogP) is 7.36. The van der Waals surface area contributed by atoms with Gasteiger partial charge in [-0.2, -0.15) is 5.10 Å². The lowest BCUT2D eigenvalue weighted by Gasteiger charge is -2.28. The highest BCUT2D eigenvalue weighted by Gasteiger charge is 2.34. The Labute approximate surface area is 227 Å². The van der Waals surface area contributed by atoms with Crippen molar-refractivity contribution in [2.75, 3.05) is 0 Å². The molecule has 2 nitrogen and oxygen atoms in total. The number of hydrogen-bond donors (Lipinski definition) is 0. The van der Waals surface area contributed by atoms with Crippen molar-refractivity contribution in [1.29, 1.82) is 0 Å². The van der Waals surface area contributed by atoms with Crippen molar-refractivity contribution < 1.29 is 0 Å². The summed E-state index contributed by atoms with van der Waals surface area (Å²) in [5, 5.41) is 11.6. The molecule has 0 aromatic heterocycles. The third kappa shape index (κ3) is 5.19. The van der Waals surface area contributed by atoms with Crippen molar-refractivity contribution in [2.45, 2.75) is 24.9 Å². The summed E-state index contributed by atoms with van der Waals surface area (Å²) < 4.78 is 0. The molecule has 0 saturated carbocycles. The fraction of sp³-hybridized carbons (Fsp3) is 0.114. The van der Waals surface area contributed by atoms with Gasteiger partial charge in [0.05, 0.1) is 18.3 Å². The molecule has 1 fully saturated rings. The van der Waals surface area contributed by atoms with Gasteiger partial charge in [-0.25, -0.2) is 0 Å². The topological polar surface area (TPSA) is 15.6 Å². The molecule has 1 aliphatic rings. The Morgan fingerprint density at radius 1 is 0.526 bits per heavy atom. The van der Waals surface area contributed by atoms with Crippen LogP contribution in [0.3, 0.4) is 0 Å². The van der Waals surface area contributed by atoms with E-state index in [0.29, 0.717) is 0 Å². The Hall–Kier alpha value is -4.00. The molecule has 1 aliphatic heterocycles. The minimum Gasteiger partial charge on any atom is -0.282 e. The molecule has 2 atom stereocenters. The van der Waals surface area contributed by atoms with Gasteiger partial charge in [-0.05, 0) is 47.8 Å². The molecule has 0 radical (unpaired) electrons. The summed E-state index contributed by atoms with van der Waals surface area (Å²) in [4.78, 5) is 0. The van der Waals surface area contributed by atoms with Crippen LogP contribution in [0.25, 0.3) is 0 Å². The van der Waals surface area contributed by atoms with Crippen molar-refractivity contribution in [3.8, 4) is 0 Å². The predicted molar refractivity (Wildman–Crippen MR) is 162 cm³/mol. The molecular formula is C35H31N2P. The van der Waals surface area contributed by atoms with E-state index >= 15 is 0 Å². The van der Waals surface area contributed by atoms with Gasteiger partial charge in [0.15, 0.2) is 0 Å². The normalized spacial score (nSPS) is 17.3. The van der Waals surface area contributed by atoms with E-state index in [9.17, 15) is 0 Å². The number of hydrazone groups is 1. The highest BCUT2D eigenvalue weighted by atomic mass is 31.1. The van der Waals surface area contributed by atoms with E-state index in [0.717, 1.165) is 12.8 Å². The SMILES string of the molecule is C(=N\N1[C@H](c2ccccc2)CC[C@H]1c1ccccc1)/c1ccccc1P(c1ccccc1)c1ccccc1. The van der Waals surface area contributed by atoms with Crippen LogP contribution in [0.15, 0.2) is 151 Å². The lowest BCUT2D eigenvalue weighted by atomic mass is 10.0. The summed E-state index contributed by atoms with van der Waals surface area (Å²) in [7, 11) is -0.710. The molecule has 6 rings (SSSR count). The van der Waals surface area contributed by atoms with E-state index in [-0.39, 0.29) is 12.1 Å². The zero-order valence-corrected chi connectivity index (χ0v) is 22.2. The first-order valence-corrected chi connectivity index (χ1v) is 14.6. The van der Waals surface area contributed by atoms with Crippen LogP contribution in [0.5, 0.6) is 0 Å². The molecule has 0 unspecified atom stereocenters. The Balaban J connectivity index is 1.41. The molecule has 5 aromatic rings. The fourth-order valence-electron chi connectivity index (χ4n) is 5.46. The van der Waals surface area contributed by atoms with Crippen LogP contribution in [-0.4, -0.2) is 11.2 Å². The Morgan fingerprint density at radius 3 is 1.45 bits per heavy atom. The molecule has 0 aliphatic carbocycles. The van der Waals surface area contributed by atoms with Gasteiger partial charge in [-0.15, -0.1) is 0 Å². The van der Waals surface area contributed by atoms with Gasteiger partial charge in [0.2, 0.25) is 0 Å². The maximum absolute atomic E-state index is 5.26.